The van der Waals surface area contributed by atoms with Crippen LogP contribution >= 0.6 is 0 Å². The SMILES string of the molecule is Cc1ccncc1-c1cnc2c(c1)c(-c1nc3ccncc3[nH]1)nn2C1CCCCO1. The maximum atomic E-state index is 6.02. The molecule has 0 amide bonds. The van der Waals surface area contributed by atoms with Gasteiger partial charge in [-0.25, -0.2) is 14.6 Å². The van der Waals surface area contributed by atoms with E-state index in [1.54, 1.807) is 18.6 Å². The molecule has 1 saturated heterocycles. The summed E-state index contributed by atoms with van der Waals surface area (Å²) in [6, 6.07) is 6.02. The molecule has 31 heavy (non-hydrogen) atoms. The number of nitrogens with one attached hydrogen (secondary N) is 1. The van der Waals surface area contributed by atoms with E-state index in [4.69, 9.17) is 19.8 Å². The summed E-state index contributed by atoms with van der Waals surface area (Å²) in [6.45, 7) is 2.82. The van der Waals surface area contributed by atoms with Crippen LogP contribution in [0.15, 0.2) is 49.2 Å². The number of hydrogen-bond acceptors (Lipinski definition) is 6. The second kappa shape index (κ2) is 7.24. The summed E-state index contributed by atoms with van der Waals surface area (Å²) in [5, 5.41) is 5.87. The molecule has 1 fully saturated rings. The molecule has 0 spiro atoms. The molecular formula is C23H21N7O. The quantitative estimate of drug-likeness (QED) is 0.472. The van der Waals surface area contributed by atoms with Crippen LogP contribution in [-0.2, 0) is 4.74 Å². The first-order valence-corrected chi connectivity index (χ1v) is 10.5. The molecule has 8 heteroatoms. The number of aromatic nitrogens is 7. The molecule has 0 aliphatic carbocycles. The average Bonchev–Trinajstić information content (AvgIpc) is 3.41. The number of H-pyrrole nitrogens is 1. The highest BCUT2D eigenvalue weighted by atomic mass is 16.5. The Morgan fingerprint density at radius 2 is 2.00 bits per heavy atom. The number of aryl methyl sites for hydroxylation is 1. The Bertz CT molecular complexity index is 1360. The van der Waals surface area contributed by atoms with Gasteiger partial charge in [-0.15, -0.1) is 0 Å². The van der Waals surface area contributed by atoms with E-state index < -0.39 is 0 Å². The third kappa shape index (κ3) is 3.07. The largest absolute Gasteiger partial charge is 0.356 e. The molecule has 0 bridgehead atoms. The third-order valence-corrected chi connectivity index (χ3v) is 5.83. The number of nitrogens with zero attached hydrogens (tertiary/aromatic N) is 6. The maximum Gasteiger partial charge on any atom is 0.161 e. The van der Waals surface area contributed by atoms with E-state index in [-0.39, 0.29) is 6.23 Å². The molecular weight excluding hydrogens is 390 g/mol. The van der Waals surface area contributed by atoms with E-state index in [9.17, 15) is 0 Å². The van der Waals surface area contributed by atoms with Crippen molar-refractivity contribution in [2.75, 3.05) is 6.61 Å². The van der Waals surface area contributed by atoms with Crippen LogP contribution < -0.4 is 0 Å². The Kier molecular flexibility index (Phi) is 4.24. The van der Waals surface area contributed by atoms with Gasteiger partial charge in [0.05, 0.1) is 22.6 Å². The smallest absolute Gasteiger partial charge is 0.161 e. The molecule has 0 radical (unpaired) electrons. The third-order valence-electron chi connectivity index (χ3n) is 5.83. The van der Waals surface area contributed by atoms with Crippen molar-refractivity contribution in [3.05, 3.63) is 54.7 Å². The van der Waals surface area contributed by atoms with Crippen molar-refractivity contribution in [1.82, 2.24) is 34.7 Å². The molecule has 1 unspecified atom stereocenters. The molecule has 1 N–H and O–H groups in total. The van der Waals surface area contributed by atoms with Crippen molar-refractivity contribution >= 4 is 22.1 Å². The van der Waals surface area contributed by atoms with E-state index in [0.29, 0.717) is 5.82 Å². The molecule has 1 aliphatic heterocycles. The summed E-state index contributed by atoms with van der Waals surface area (Å²) < 4.78 is 7.94. The Morgan fingerprint density at radius 1 is 1.10 bits per heavy atom. The van der Waals surface area contributed by atoms with Gasteiger partial charge in [0, 0.05) is 42.5 Å². The minimum atomic E-state index is -0.116. The zero-order chi connectivity index (χ0) is 20.8. The average molecular weight is 411 g/mol. The first-order valence-electron chi connectivity index (χ1n) is 10.5. The van der Waals surface area contributed by atoms with Crippen molar-refractivity contribution in [2.45, 2.75) is 32.4 Å². The number of ether oxygens (including phenoxy) is 1. The second-order valence-electron chi connectivity index (χ2n) is 7.88. The normalized spacial score (nSPS) is 16.9. The minimum absolute atomic E-state index is 0.116. The molecule has 1 atom stereocenters. The van der Waals surface area contributed by atoms with E-state index in [1.807, 2.05) is 29.2 Å². The fraction of sp³-hybridized carbons (Fsp3) is 0.261. The number of pyridine rings is 3. The zero-order valence-electron chi connectivity index (χ0n) is 17.1. The summed E-state index contributed by atoms with van der Waals surface area (Å²) in [5.41, 5.74) is 6.49. The van der Waals surface area contributed by atoms with Gasteiger partial charge in [-0.3, -0.25) is 9.97 Å². The fourth-order valence-electron chi connectivity index (χ4n) is 4.20. The van der Waals surface area contributed by atoms with Gasteiger partial charge in [0.15, 0.2) is 17.7 Å². The lowest BCUT2D eigenvalue weighted by Crippen LogP contribution is -2.19. The molecule has 154 valence electrons. The number of imidazole rings is 1. The standard InChI is InChI=1S/C23H21N7O/c1-14-5-7-24-12-17(14)15-10-16-21(22-27-18-6-8-25-13-19(18)28-22)29-30(23(16)26-11-15)20-4-2-3-9-31-20/h5-8,10-13,20H,2-4,9H2,1H3,(H,27,28). The lowest BCUT2D eigenvalue weighted by atomic mass is 10.0. The van der Waals surface area contributed by atoms with Crippen LogP contribution in [0.4, 0.5) is 0 Å². The van der Waals surface area contributed by atoms with E-state index >= 15 is 0 Å². The summed E-state index contributed by atoms with van der Waals surface area (Å²) in [5.74, 6) is 0.699. The van der Waals surface area contributed by atoms with Crippen LogP contribution in [0.1, 0.15) is 31.1 Å². The van der Waals surface area contributed by atoms with Gasteiger partial charge in [0.1, 0.15) is 5.69 Å². The Morgan fingerprint density at radius 3 is 2.84 bits per heavy atom. The summed E-state index contributed by atoms with van der Waals surface area (Å²) in [6.07, 6.45) is 12.1. The van der Waals surface area contributed by atoms with Gasteiger partial charge in [-0.2, -0.15) is 5.10 Å². The maximum absolute atomic E-state index is 6.02. The summed E-state index contributed by atoms with van der Waals surface area (Å²) in [7, 11) is 0. The molecule has 1 aliphatic rings. The Hall–Kier alpha value is -3.65. The minimum Gasteiger partial charge on any atom is -0.356 e. The molecule has 0 saturated carbocycles. The van der Waals surface area contributed by atoms with Crippen LogP contribution in [0.2, 0.25) is 0 Å². The molecule has 5 aromatic rings. The van der Waals surface area contributed by atoms with Crippen molar-refractivity contribution in [3.63, 3.8) is 0 Å². The molecule has 6 heterocycles. The predicted octanol–water partition coefficient (Wildman–Crippen LogP) is 4.44. The summed E-state index contributed by atoms with van der Waals surface area (Å²) in [4.78, 5) is 21.4. The lowest BCUT2D eigenvalue weighted by molar-refractivity contribution is -0.0368. The van der Waals surface area contributed by atoms with Crippen molar-refractivity contribution < 1.29 is 4.74 Å². The van der Waals surface area contributed by atoms with Crippen LogP contribution in [0.3, 0.4) is 0 Å². The lowest BCUT2D eigenvalue weighted by Gasteiger charge is -2.23. The van der Waals surface area contributed by atoms with Gasteiger partial charge >= 0.3 is 0 Å². The number of rotatable bonds is 3. The van der Waals surface area contributed by atoms with E-state index in [2.05, 4.69) is 27.9 Å². The van der Waals surface area contributed by atoms with Gasteiger partial charge in [0.25, 0.3) is 0 Å². The number of hydrogen-bond donors (Lipinski definition) is 1. The van der Waals surface area contributed by atoms with Crippen LogP contribution in [0.5, 0.6) is 0 Å². The van der Waals surface area contributed by atoms with Gasteiger partial charge < -0.3 is 9.72 Å². The van der Waals surface area contributed by atoms with Gasteiger partial charge in [-0.1, -0.05) is 0 Å². The van der Waals surface area contributed by atoms with Crippen molar-refractivity contribution in [2.24, 2.45) is 0 Å². The topological polar surface area (TPSA) is 94.4 Å². The van der Waals surface area contributed by atoms with Crippen LogP contribution in [0.25, 0.3) is 44.7 Å². The first kappa shape index (κ1) is 18.1. The fourth-order valence-corrected chi connectivity index (χ4v) is 4.20. The number of aromatic amines is 1. The molecule has 0 aromatic carbocycles. The van der Waals surface area contributed by atoms with Crippen molar-refractivity contribution in [1.29, 1.82) is 0 Å². The van der Waals surface area contributed by atoms with Gasteiger partial charge in [0.2, 0.25) is 0 Å². The first-order chi connectivity index (χ1) is 15.3. The van der Waals surface area contributed by atoms with E-state index in [1.165, 1.54) is 0 Å². The van der Waals surface area contributed by atoms with Crippen LogP contribution in [-0.4, -0.2) is 41.3 Å². The zero-order valence-corrected chi connectivity index (χ0v) is 17.1. The van der Waals surface area contributed by atoms with Crippen molar-refractivity contribution in [3.8, 4) is 22.6 Å². The summed E-state index contributed by atoms with van der Waals surface area (Å²) >= 11 is 0. The van der Waals surface area contributed by atoms with Crippen LogP contribution in [0, 0.1) is 6.92 Å². The molecule has 6 rings (SSSR count). The highest BCUT2D eigenvalue weighted by Crippen LogP contribution is 2.34. The van der Waals surface area contributed by atoms with Gasteiger partial charge in [-0.05, 0) is 49.9 Å². The Balaban J connectivity index is 1.58. The highest BCUT2D eigenvalue weighted by molar-refractivity contribution is 5.94. The second-order valence-corrected chi connectivity index (χ2v) is 7.88. The molecule has 5 aromatic heterocycles. The molecule has 8 nitrogen and oxygen atoms in total. The monoisotopic (exact) mass is 411 g/mol. The highest BCUT2D eigenvalue weighted by Gasteiger charge is 2.24. The Labute approximate surface area is 178 Å². The number of fused-ring (bicyclic) bond motifs is 2. The van der Waals surface area contributed by atoms with E-state index in [0.717, 1.165) is 70.3 Å². The predicted molar refractivity (Wildman–Crippen MR) is 117 cm³/mol.